The highest BCUT2D eigenvalue weighted by Crippen LogP contribution is 2.33. The third-order valence-electron chi connectivity index (χ3n) is 6.37. The number of para-hydroxylation sites is 1. The molecule has 1 aliphatic rings. The molecule has 6 nitrogen and oxygen atoms in total. The highest BCUT2D eigenvalue weighted by atomic mass is 32.2. The Morgan fingerprint density at radius 2 is 1.74 bits per heavy atom. The maximum absolute atomic E-state index is 13.2. The van der Waals surface area contributed by atoms with Crippen LogP contribution in [0.1, 0.15) is 27.0 Å². The first-order valence-electron chi connectivity index (χ1n) is 11.0. The van der Waals surface area contributed by atoms with Crippen molar-refractivity contribution in [1.29, 1.82) is 0 Å². The normalized spacial score (nSPS) is 15.2. The first-order valence-corrected chi connectivity index (χ1v) is 12.7. The minimum absolute atomic E-state index is 0.180. The van der Waals surface area contributed by atoms with Crippen molar-refractivity contribution >= 4 is 26.6 Å². The van der Waals surface area contributed by atoms with E-state index in [1.165, 1.54) is 0 Å². The van der Waals surface area contributed by atoms with Crippen LogP contribution in [0.4, 0.5) is 0 Å². The molecular weight excluding hydrogens is 448 g/mol. The molecule has 1 fully saturated rings. The minimum Gasteiger partial charge on any atom is -0.381 e. The quantitative estimate of drug-likeness (QED) is 0.477. The predicted octanol–water partition coefficient (Wildman–Crippen LogP) is 3.86. The van der Waals surface area contributed by atoms with E-state index in [4.69, 9.17) is 0 Å². The van der Waals surface area contributed by atoms with E-state index < -0.39 is 15.4 Å². The number of aliphatic hydroxyl groups is 1. The summed E-state index contributed by atoms with van der Waals surface area (Å²) in [7, 11) is -3.64. The summed E-state index contributed by atoms with van der Waals surface area (Å²) in [6.07, 6.45) is 1.58. The first kappa shape index (κ1) is 22.3. The Labute approximate surface area is 198 Å². The number of carbonyl (C=O) groups is 1. The number of pyridine rings is 1. The van der Waals surface area contributed by atoms with Crippen LogP contribution in [0.5, 0.6) is 0 Å². The second kappa shape index (κ2) is 8.34. The molecule has 7 heteroatoms. The smallest absolute Gasteiger partial charge is 0.254 e. The molecule has 5 rings (SSSR count). The number of amides is 1. The average molecular weight is 473 g/mol. The fraction of sp³-hybridized carbons (Fsp3) is 0.185. The van der Waals surface area contributed by atoms with Gasteiger partial charge in [-0.05, 0) is 47.9 Å². The number of nitrogens with zero attached hydrogens (tertiary/aromatic N) is 2. The average Bonchev–Trinajstić information content (AvgIpc) is 2.83. The Hall–Kier alpha value is -3.55. The highest BCUT2D eigenvalue weighted by Gasteiger charge is 2.45. The maximum atomic E-state index is 13.2. The van der Waals surface area contributed by atoms with Gasteiger partial charge in [0.25, 0.3) is 5.91 Å². The van der Waals surface area contributed by atoms with Crippen molar-refractivity contribution in [2.24, 2.45) is 0 Å². The molecule has 172 valence electrons. The molecule has 0 radical (unpaired) electrons. The molecule has 1 N–H and O–H groups in total. The molecule has 0 saturated carbocycles. The van der Waals surface area contributed by atoms with Gasteiger partial charge in [-0.2, -0.15) is 0 Å². The number of hydrogen-bond donors (Lipinski definition) is 1. The molecular formula is C27H24N2O4S. The first-order chi connectivity index (χ1) is 16.3. The van der Waals surface area contributed by atoms with Gasteiger partial charge in [0.2, 0.25) is 0 Å². The fourth-order valence-electron chi connectivity index (χ4n) is 4.44. The van der Waals surface area contributed by atoms with Gasteiger partial charge in [0, 0.05) is 17.1 Å². The van der Waals surface area contributed by atoms with Gasteiger partial charge in [-0.3, -0.25) is 9.78 Å². The number of hydrogen-bond acceptors (Lipinski definition) is 5. The number of carbonyl (C=O) groups excluding carboxylic acids is 1. The molecule has 0 aliphatic carbocycles. The van der Waals surface area contributed by atoms with Crippen LogP contribution in [0.25, 0.3) is 10.9 Å². The van der Waals surface area contributed by atoms with Crippen LogP contribution in [0, 0.1) is 6.92 Å². The SMILES string of the molecule is Cc1cc(C(=O)N2CC(O)(c3ccccc3)C2)ccc1CS(=O)(=O)c1cccc2cccnc12. The summed E-state index contributed by atoms with van der Waals surface area (Å²) in [6.45, 7) is 2.25. The lowest BCUT2D eigenvalue weighted by Crippen LogP contribution is -2.61. The molecule has 1 amide bonds. The molecule has 2 heterocycles. The lowest BCUT2D eigenvalue weighted by atomic mass is 9.85. The Bertz CT molecular complexity index is 1490. The van der Waals surface area contributed by atoms with Gasteiger partial charge >= 0.3 is 0 Å². The van der Waals surface area contributed by atoms with Crippen molar-refractivity contribution in [2.45, 2.75) is 23.2 Å². The van der Waals surface area contributed by atoms with Crippen molar-refractivity contribution in [3.63, 3.8) is 0 Å². The van der Waals surface area contributed by atoms with Crippen LogP contribution in [0.2, 0.25) is 0 Å². The van der Waals surface area contributed by atoms with E-state index in [0.717, 1.165) is 16.5 Å². The molecule has 1 aromatic heterocycles. The number of fused-ring (bicyclic) bond motifs is 1. The minimum atomic E-state index is -3.64. The Morgan fingerprint density at radius 1 is 1.00 bits per heavy atom. The number of rotatable bonds is 5. The molecule has 0 bridgehead atoms. The maximum Gasteiger partial charge on any atom is 0.254 e. The number of benzene rings is 3. The van der Waals surface area contributed by atoms with Crippen LogP contribution < -0.4 is 0 Å². The van der Waals surface area contributed by atoms with Gasteiger partial charge in [-0.1, -0.05) is 54.6 Å². The second-order valence-corrected chi connectivity index (χ2v) is 10.7. The standard InChI is InChI=1S/C27H24N2O4S/c1-19-15-21(26(30)29-17-27(31,18-29)23-9-3-2-4-10-23)12-13-22(19)16-34(32,33)24-11-5-7-20-8-6-14-28-25(20)24/h2-15,31H,16-18H2,1H3. The van der Waals surface area contributed by atoms with E-state index >= 15 is 0 Å². The van der Waals surface area contributed by atoms with E-state index in [9.17, 15) is 18.3 Å². The number of β-amino-alcohol motifs (C(OH)–C–C–N with tert-alkyl or cyclic N) is 1. The molecule has 0 atom stereocenters. The van der Waals surface area contributed by atoms with Crippen molar-refractivity contribution in [3.05, 3.63) is 107 Å². The Kier molecular flexibility index (Phi) is 5.46. The van der Waals surface area contributed by atoms with Gasteiger partial charge in [0.05, 0.1) is 29.3 Å². The lowest BCUT2D eigenvalue weighted by Gasteiger charge is -2.46. The van der Waals surface area contributed by atoms with Crippen molar-refractivity contribution in [2.75, 3.05) is 13.1 Å². The van der Waals surface area contributed by atoms with Gasteiger partial charge in [-0.15, -0.1) is 0 Å². The third-order valence-corrected chi connectivity index (χ3v) is 8.06. The predicted molar refractivity (Wildman–Crippen MR) is 130 cm³/mol. The van der Waals surface area contributed by atoms with Gasteiger partial charge < -0.3 is 10.0 Å². The van der Waals surface area contributed by atoms with Crippen LogP contribution in [0.15, 0.2) is 90.0 Å². The van der Waals surface area contributed by atoms with E-state index in [2.05, 4.69) is 4.98 Å². The number of aromatic nitrogens is 1. The lowest BCUT2D eigenvalue weighted by molar-refractivity contribution is -0.0863. The van der Waals surface area contributed by atoms with Crippen LogP contribution in [-0.4, -0.2) is 42.4 Å². The Morgan fingerprint density at radius 3 is 2.47 bits per heavy atom. The van der Waals surface area contributed by atoms with E-state index in [0.29, 0.717) is 16.6 Å². The molecule has 34 heavy (non-hydrogen) atoms. The largest absolute Gasteiger partial charge is 0.381 e. The van der Waals surface area contributed by atoms with E-state index in [1.807, 2.05) is 42.5 Å². The topological polar surface area (TPSA) is 87.6 Å². The zero-order valence-electron chi connectivity index (χ0n) is 18.7. The third kappa shape index (κ3) is 3.97. The van der Waals surface area contributed by atoms with Crippen molar-refractivity contribution in [1.82, 2.24) is 9.88 Å². The van der Waals surface area contributed by atoms with Crippen LogP contribution in [-0.2, 0) is 21.2 Å². The number of aryl methyl sites for hydroxylation is 1. The van der Waals surface area contributed by atoms with E-state index in [1.54, 1.807) is 54.4 Å². The zero-order chi connectivity index (χ0) is 23.9. The van der Waals surface area contributed by atoms with Gasteiger partial charge in [-0.25, -0.2) is 8.42 Å². The molecule has 1 saturated heterocycles. The second-order valence-electron chi connectivity index (χ2n) is 8.79. The summed E-state index contributed by atoms with van der Waals surface area (Å²) in [5.74, 6) is -0.364. The number of likely N-dealkylation sites (tertiary alicyclic amines) is 1. The summed E-state index contributed by atoms with van der Waals surface area (Å²) in [5, 5.41) is 11.6. The molecule has 4 aromatic rings. The molecule has 0 unspecified atom stereocenters. The van der Waals surface area contributed by atoms with Gasteiger partial charge in [0.15, 0.2) is 9.84 Å². The van der Waals surface area contributed by atoms with Gasteiger partial charge in [0.1, 0.15) is 5.60 Å². The van der Waals surface area contributed by atoms with Crippen molar-refractivity contribution in [3.8, 4) is 0 Å². The summed E-state index contributed by atoms with van der Waals surface area (Å²) >= 11 is 0. The monoisotopic (exact) mass is 472 g/mol. The zero-order valence-corrected chi connectivity index (χ0v) is 19.5. The molecule has 0 spiro atoms. The summed E-state index contributed by atoms with van der Waals surface area (Å²) in [4.78, 5) is 19.0. The molecule has 1 aliphatic heterocycles. The summed E-state index contributed by atoms with van der Waals surface area (Å²) in [5.41, 5.74) is 2.04. The Balaban J connectivity index is 1.34. The van der Waals surface area contributed by atoms with Crippen LogP contribution >= 0.6 is 0 Å². The number of sulfone groups is 1. The fourth-order valence-corrected chi connectivity index (χ4v) is 6.08. The highest BCUT2D eigenvalue weighted by molar-refractivity contribution is 7.90. The van der Waals surface area contributed by atoms with Crippen molar-refractivity contribution < 1.29 is 18.3 Å². The molecule has 3 aromatic carbocycles. The summed E-state index contributed by atoms with van der Waals surface area (Å²) < 4.78 is 26.4. The van der Waals surface area contributed by atoms with Crippen LogP contribution in [0.3, 0.4) is 0 Å². The van der Waals surface area contributed by atoms with E-state index in [-0.39, 0.29) is 29.6 Å². The summed E-state index contributed by atoms with van der Waals surface area (Å²) in [6, 6.07) is 23.1.